The van der Waals surface area contributed by atoms with Gasteiger partial charge in [-0.1, -0.05) is 12.1 Å². The van der Waals surface area contributed by atoms with E-state index in [1.165, 1.54) is 30.1 Å². The van der Waals surface area contributed by atoms with Crippen LogP contribution in [0.15, 0.2) is 61.1 Å². The highest BCUT2D eigenvalue weighted by molar-refractivity contribution is 5.94. The first-order valence-corrected chi connectivity index (χ1v) is 9.37. The summed E-state index contributed by atoms with van der Waals surface area (Å²) in [6, 6.07) is 10.3. The van der Waals surface area contributed by atoms with Crippen molar-refractivity contribution < 1.29 is 22.7 Å². The van der Waals surface area contributed by atoms with Crippen LogP contribution in [-0.4, -0.2) is 38.7 Å². The minimum absolute atomic E-state index is 0.0186. The molecule has 1 aromatic carbocycles. The van der Waals surface area contributed by atoms with Gasteiger partial charge in [-0.05, 0) is 30.3 Å². The van der Waals surface area contributed by atoms with Gasteiger partial charge < -0.3 is 14.5 Å². The highest BCUT2D eigenvalue weighted by atomic mass is 19.4. The molecule has 7 nitrogen and oxygen atoms in total. The molecule has 4 rings (SSSR count). The predicted molar refractivity (Wildman–Crippen MR) is 106 cm³/mol. The zero-order chi connectivity index (χ0) is 22.0. The van der Waals surface area contributed by atoms with Gasteiger partial charge in [0.2, 0.25) is 0 Å². The molecule has 1 amide bonds. The number of carbonyl (C=O) groups is 1. The van der Waals surface area contributed by atoms with Gasteiger partial charge in [0.1, 0.15) is 5.65 Å². The van der Waals surface area contributed by atoms with Gasteiger partial charge in [-0.3, -0.25) is 4.79 Å². The highest BCUT2D eigenvalue weighted by Gasteiger charge is 2.30. The molecule has 0 saturated heterocycles. The van der Waals surface area contributed by atoms with Crippen molar-refractivity contribution in [3.63, 3.8) is 0 Å². The van der Waals surface area contributed by atoms with E-state index in [2.05, 4.69) is 15.4 Å². The monoisotopic (exact) mass is 429 g/mol. The first kappa shape index (κ1) is 20.5. The van der Waals surface area contributed by atoms with Crippen molar-refractivity contribution in [3.8, 4) is 11.4 Å². The Morgan fingerprint density at radius 1 is 1.16 bits per heavy atom. The second kappa shape index (κ2) is 8.13. The second-order valence-corrected chi connectivity index (χ2v) is 6.74. The number of carbonyl (C=O) groups excluding carboxylic acids is 1. The minimum Gasteiger partial charge on any atom is -0.493 e. The van der Waals surface area contributed by atoms with Crippen molar-refractivity contribution in [2.24, 2.45) is 0 Å². The molecule has 3 heterocycles. The van der Waals surface area contributed by atoms with E-state index in [4.69, 9.17) is 4.74 Å². The van der Waals surface area contributed by atoms with Crippen molar-refractivity contribution in [3.05, 3.63) is 78.0 Å². The third kappa shape index (κ3) is 4.37. The first-order valence-electron chi connectivity index (χ1n) is 9.37. The summed E-state index contributed by atoms with van der Waals surface area (Å²) in [6.07, 6.45) is 1.15. The summed E-state index contributed by atoms with van der Waals surface area (Å²) < 4.78 is 47.2. The summed E-state index contributed by atoms with van der Waals surface area (Å²) in [7, 11) is 1.36. The number of alkyl halides is 3. The fourth-order valence-electron chi connectivity index (χ4n) is 3.12. The number of imidazole rings is 1. The number of aromatic nitrogens is 4. The van der Waals surface area contributed by atoms with Crippen LogP contribution >= 0.6 is 0 Å². The Morgan fingerprint density at radius 3 is 2.74 bits per heavy atom. The molecular weight excluding hydrogens is 411 g/mol. The lowest BCUT2D eigenvalue weighted by Crippen LogP contribution is -2.26. The van der Waals surface area contributed by atoms with Crippen molar-refractivity contribution >= 4 is 11.6 Å². The maximum absolute atomic E-state index is 13.0. The molecule has 0 bridgehead atoms. The first-order chi connectivity index (χ1) is 14.8. The van der Waals surface area contributed by atoms with E-state index >= 15 is 0 Å². The molecule has 160 valence electrons. The van der Waals surface area contributed by atoms with Crippen LogP contribution in [0.5, 0.6) is 5.75 Å². The summed E-state index contributed by atoms with van der Waals surface area (Å²) in [5, 5.41) is 6.87. The zero-order valence-corrected chi connectivity index (χ0v) is 16.4. The zero-order valence-electron chi connectivity index (χ0n) is 16.4. The Bertz CT molecular complexity index is 1200. The molecular formula is C21H18F3N5O2. The Labute approximate surface area is 175 Å². The van der Waals surface area contributed by atoms with E-state index in [9.17, 15) is 18.0 Å². The van der Waals surface area contributed by atoms with E-state index < -0.39 is 17.6 Å². The molecule has 0 aliphatic heterocycles. The number of ether oxygens (including phenoxy) is 1. The van der Waals surface area contributed by atoms with Gasteiger partial charge >= 0.3 is 6.18 Å². The SMILES string of the molecule is COc1cn(-c2cccc(C(F)(F)F)c2)nc1C(=O)NCCc1cn2ccccc2n1. The van der Waals surface area contributed by atoms with E-state index in [0.29, 0.717) is 13.0 Å². The number of pyridine rings is 1. The number of hydrogen-bond acceptors (Lipinski definition) is 4. The van der Waals surface area contributed by atoms with Crippen LogP contribution in [0.3, 0.4) is 0 Å². The van der Waals surface area contributed by atoms with Gasteiger partial charge in [0.25, 0.3) is 5.91 Å². The number of benzene rings is 1. The lowest BCUT2D eigenvalue weighted by molar-refractivity contribution is -0.137. The van der Waals surface area contributed by atoms with Crippen LogP contribution < -0.4 is 10.1 Å². The molecule has 31 heavy (non-hydrogen) atoms. The van der Waals surface area contributed by atoms with Crippen LogP contribution in [0.4, 0.5) is 13.2 Å². The van der Waals surface area contributed by atoms with E-state index in [0.717, 1.165) is 23.5 Å². The Morgan fingerprint density at radius 2 is 2.00 bits per heavy atom. The van der Waals surface area contributed by atoms with Crippen LogP contribution in [0, 0.1) is 0 Å². The molecule has 0 fully saturated rings. The summed E-state index contributed by atoms with van der Waals surface area (Å²) in [5.41, 5.74) is 0.961. The molecule has 0 radical (unpaired) electrons. The van der Waals surface area contributed by atoms with Crippen molar-refractivity contribution in [2.75, 3.05) is 13.7 Å². The summed E-state index contributed by atoms with van der Waals surface area (Å²) in [6.45, 7) is 0.308. The maximum Gasteiger partial charge on any atom is 0.416 e. The predicted octanol–water partition coefficient (Wildman–Crippen LogP) is 3.52. The molecule has 0 saturated carbocycles. The summed E-state index contributed by atoms with van der Waals surface area (Å²) >= 11 is 0. The number of rotatable bonds is 6. The third-order valence-electron chi connectivity index (χ3n) is 4.63. The number of nitrogens with zero attached hydrogens (tertiary/aromatic N) is 4. The van der Waals surface area contributed by atoms with Crippen LogP contribution in [-0.2, 0) is 12.6 Å². The molecule has 4 aromatic rings. The van der Waals surface area contributed by atoms with Gasteiger partial charge in [-0.25, -0.2) is 9.67 Å². The van der Waals surface area contributed by atoms with Gasteiger partial charge in [-0.15, -0.1) is 0 Å². The van der Waals surface area contributed by atoms with Crippen molar-refractivity contribution in [1.82, 2.24) is 24.5 Å². The smallest absolute Gasteiger partial charge is 0.416 e. The van der Waals surface area contributed by atoms with Crippen LogP contribution in [0.25, 0.3) is 11.3 Å². The molecule has 3 aromatic heterocycles. The lowest BCUT2D eigenvalue weighted by Gasteiger charge is -2.08. The Hall–Kier alpha value is -3.82. The summed E-state index contributed by atoms with van der Waals surface area (Å²) in [5.74, 6) is -0.339. The van der Waals surface area contributed by atoms with Gasteiger partial charge in [0.05, 0.1) is 30.3 Å². The lowest BCUT2D eigenvalue weighted by atomic mass is 10.2. The average Bonchev–Trinajstić information content (AvgIpc) is 3.37. The van der Waals surface area contributed by atoms with Gasteiger partial charge in [-0.2, -0.15) is 18.3 Å². The van der Waals surface area contributed by atoms with E-state index in [-0.39, 0.29) is 17.1 Å². The molecule has 0 spiro atoms. The van der Waals surface area contributed by atoms with E-state index in [1.54, 1.807) is 0 Å². The number of halogens is 3. The number of nitrogens with one attached hydrogen (secondary N) is 1. The van der Waals surface area contributed by atoms with Gasteiger partial charge in [0, 0.05) is 25.4 Å². The van der Waals surface area contributed by atoms with Crippen LogP contribution in [0.2, 0.25) is 0 Å². The number of amides is 1. The molecule has 10 heteroatoms. The minimum atomic E-state index is -4.48. The fraction of sp³-hybridized carbons (Fsp3) is 0.190. The number of methoxy groups -OCH3 is 1. The number of hydrogen-bond donors (Lipinski definition) is 1. The van der Waals surface area contributed by atoms with E-state index in [1.807, 2.05) is 35.0 Å². The summed E-state index contributed by atoms with van der Waals surface area (Å²) in [4.78, 5) is 17.0. The fourth-order valence-corrected chi connectivity index (χ4v) is 3.12. The Balaban J connectivity index is 1.47. The highest BCUT2D eigenvalue weighted by Crippen LogP contribution is 2.30. The molecule has 0 atom stereocenters. The largest absolute Gasteiger partial charge is 0.493 e. The normalized spacial score (nSPS) is 11.6. The number of fused-ring (bicyclic) bond motifs is 1. The standard InChI is InChI=1S/C21H18F3N5O2/c1-31-17-13-29(16-6-4-5-14(11-16)21(22,23)24)27-19(17)20(30)25-9-8-15-12-28-10-3-2-7-18(28)26-15/h2-7,10-13H,8-9H2,1H3,(H,25,30). The average molecular weight is 429 g/mol. The molecule has 1 N–H and O–H groups in total. The maximum atomic E-state index is 13.0. The second-order valence-electron chi connectivity index (χ2n) is 6.74. The van der Waals surface area contributed by atoms with Crippen molar-refractivity contribution in [1.29, 1.82) is 0 Å². The Kier molecular flexibility index (Phi) is 5.37. The molecule has 0 aliphatic rings. The van der Waals surface area contributed by atoms with Crippen LogP contribution in [0.1, 0.15) is 21.7 Å². The molecule has 0 aliphatic carbocycles. The quantitative estimate of drug-likeness (QED) is 0.509. The van der Waals surface area contributed by atoms with Crippen molar-refractivity contribution in [2.45, 2.75) is 12.6 Å². The molecule has 0 unspecified atom stereocenters. The topological polar surface area (TPSA) is 73.5 Å². The third-order valence-corrected chi connectivity index (χ3v) is 4.63. The van der Waals surface area contributed by atoms with Gasteiger partial charge in [0.15, 0.2) is 11.4 Å².